The van der Waals surface area contributed by atoms with Gasteiger partial charge in [-0.25, -0.2) is 0 Å². The van der Waals surface area contributed by atoms with Gasteiger partial charge in [-0.15, -0.1) is 11.3 Å². The lowest BCUT2D eigenvalue weighted by atomic mass is 9.98. The molecule has 3 rings (SSSR count). The molecule has 1 aliphatic heterocycles. The first-order chi connectivity index (χ1) is 9.67. The molecular formula is C16H18INOS. The van der Waals surface area contributed by atoms with E-state index in [4.69, 9.17) is 4.74 Å². The Labute approximate surface area is 137 Å². The van der Waals surface area contributed by atoms with Gasteiger partial charge < -0.3 is 10.1 Å². The molecule has 106 valence electrons. The fraction of sp³-hybridized carbons (Fsp3) is 0.375. The lowest BCUT2D eigenvalue weighted by Gasteiger charge is -2.18. The molecule has 0 fully saturated rings. The molecule has 2 unspecified atom stereocenters. The van der Waals surface area contributed by atoms with Crippen LogP contribution in [-0.4, -0.2) is 12.6 Å². The summed E-state index contributed by atoms with van der Waals surface area (Å²) in [4.78, 5) is 0. The van der Waals surface area contributed by atoms with Crippen LogP contribution in [0.15, 0.2) is 29.6 Å². The van der Waals surface area contributed by atoms with E-state index in [9.17, 15) is 0 Å². The number of ether oxygens (including phenoxy) is 1. The molecule has 0 radical (unpaired) electrons. The number of nitrogens with one attached hydrogen (secondary N) is 1. The summed E-state index contributed by atoms with van der Waals surface area (Å²) < 4.78 is 7.12. The number of benzene rings is 1. The standard InChI is InChI=1S/C16H18INOS/c1-3-18-16(13-8-15(17)20-9-13)11-4-5-14-12(7-11)6-10(2)19-14/h4-5,7-10,16,18H,3,6H2,1-2H3. The van der Waals surface area contributed by atoms with Crippen LogP contribution in [0.3, 0.4) is 0 Å². The van der Waals surface area contributed by atoms with Crippen LogP contribution in [0.1, 0.15) is 36.6 Å². The van der Waals surface area contributed by atoms with Gasteiger partial charge in [-0.2, -0.15) is 0 Å². The first kappa shape index (κ1) is 14.4. The van der Waals surface area contributed by atoms with Gasteiger partial charge in [-0.3, -0.25) is 0 Å². The van der Waals surface area contributed by atoms with Crippen LogP contribution in [0, 0.1) is 2.88 Å². The minimum Gasteiger partial charge on any atom is -0.490 e. The SMILES string of the molecule is CCNC(c1csc(I)c1)c1ccc2c(c1)CC(C)O2. The minimum atomic E-state index is 0.279. The van der Waals surface area contributed by atoms with Crippen LogP contribution in [0.25, 0.3) is 0 Å². The van der Waals surface area contributed by atoms with Crippen molar-refractivity contribution in [2.24, 2.45) is 0 Å². The van der Waals surface area contributed by atoms with Crippen molar-refractivity contribution in [2.75, 3.05) is 6.54 Å². The van der Waals surface area contributed by atoms with Gasteiger partial charge in [0, 0.05) is 6.42 Å². The zero-order valence-corrected chi connectivity index (χ0v) is 14.6. The highest BCUT2D eigenvalue weighted by molar-refractivity contribution is 14.1. The van der Waals surface area contributed by atoms with Crippen molar-refractivity contribution >= 4 is 33.9 Å². The Balaban J connectivity index is 1.94. The Bertz CT molecular complexity index is 610. The fourth-order valence-corrected chi connectivity index (χ4v) is 4.13. The van der Waals surface area contributed by atoms with Crippen molar-refractivity contribution in [3.05, 3.63) is 49.2 Å². The van der Waals surface area contributed by atoms with Gasteiger partial charge in [0.25, 0.3) is 0 Å². The van der Waals surface area contributed by atoms with Crippen molar-refractivity contribution in [3.63, 3.8) is 0 Å². The van der Waals surface area contributed by atoms with Gasteiger partial charge in [0.1, 0.15) is 11.9 Å². The highest BCUT2D eigenvalue weighted by Gasteiger charge is 2.22. The third-order valence-corrected chi connectivity index (χ3v) is 5.39. The molecule has 0 amide bonds. The Kier molecular flexibility index (Phi) is 4.33. The van der Waals surface area contributed by atoms with Gasteiger partial charge in [0.05, 0.1) is 8.93 Å². The van der Waals surface area contributed by atoms with E-state index in [0.29, 0.717) is 6.10 Å². The maximum absolute atomic E-state index is 5.79. The van der Waals surface area contributed by atoms with E-state index in [0.717, 1.165) is 18.7 Å². The average Bonchev–Trinajstić information content (AvgIpc) is 3.00. The number of hydrogen-bond acceptors (Lipinski definition) is 3. The van der Waals surface area contributed by atoms with Gasteiger partial charge >= 0.3 is 0 Å². The summed E-state index contributed by atoms with van der Waals surface area (Å²) >= 11 is 4.19. The third-order valence-electron chi connectivity index (χ3n) is 3.58. The normalized spacial score (nSPS) is 18.6. The highest BCUT2D eigenvalue weighted by atomic mass is 127. The molecule has 20 heavy (non-hydrogen) atoms. The van der Waals surface area contributed by atoms with Crippen molar-refractivity contribution < 1.29 is 4.74 Å². The maximum Gasteiger partial charge on any atom is 0.123 e. The molecule has 0 aliphatic carbocycles. The zero-order valence-electron chi connectivity index (χ0n) is 11.7. The summed E-state index contributed by atoms with van der Waals surface area (Å²) in [6, 6.07) is 9.16. The molecule has 1 aromatic heterocycles. The summed E-state index contributed by atoms with van der Waals surface area (Å²) in [6.45, 7) is 5.24. The zero-order chi connectivity index (χ0) is 14.1. The van der Waals surface area contributed by atoms with Crippen LogP contribution < -0.4 is 10.1 Å². The van der Waals surface area contributed by atoms with Crippen molar-refractivity contribution in [1.29, 1.82) is 0 Å². The molecule has 0 bridgehead atoms. The number of thiophene rings is 1. The van der Waals surface area contributed by atoms with Crippen LogP contribution >= 0.6 is 33.9 Å². The molecule has 0 saturated heterocycles. The number of fused-ring (bicyclic) bond motifs is 1. The van der Waals surface area contributed by atoms with E-state index in [1.54, 1.807) is 11.3 Å². The quantitative estimate of drug-likeness (QED) is 0.771. The van der Waals surface area contributed by atoms with E-state index in [1.807, 2.05) is 0 Å². The molecule has 2 heterocycles. The molecule has 2 aromatic rings. The van der Waals surface area contributed by atoms with E-state index >= 15 is 0 Å². The minimum absolute atomic E-state index is 0.279. The predicted molar refractivity (Wildman–Crippen MR) is 92.8 cm³/mol. The maximum atomic E-state index is 5.79. The summed E-state index contributed by atoms with van der Waals surface area (Å²) in [5.74, 6) is 1.05. The van der Waals surface area contributed by atoms with Gasteiger partial charge in [0.2, 0.25) is 0 Å². The third kappa shape index (κ3) is 2.87. The number of halogens is 1. The fourth-order valence-electron chi connectivity index (χ4n) is 2.73. The van der Waals surface area contributed by atoms with E-state index in [2.05, 4.69) is 71.4 Å². The molecule has 1 N–H and O–H groups in total. The molecule has 0 saturated carbocycles. The average molecular weight is 399 g/mol. The Morgan fingerprint density at radius 2 is 2.25 bits per heavy atom. The molecule has 0 spiro atoms. The highest BCUT2D eigenvalue weighted by Crippen LogP contribution is 2.34. The van der Waals surface area contributed by atoms with Crippen molar-refractivity contribution in [2.45, 2.75) is 32.4 Å². The topological polar surface area (TPSA) is 21.3 Å². The van der Waals surface area contributed by atoms with Crippen molar-refractivity contribution in [1.82, 2.24) is 5.32 Å². The predicted octanol–water partition coefficient (Wildman–Crippen LogP) is 4.38. The lowest BCUT2D eigenvalue weighted by Crippen LogP contribution is -2.21. The molecule has 1 aliphatic rings. The second kappa shape index (κ2) is 6.03. The first-order valence-electron chi connectivity index (χ1n) is 6.94. The largest absolute Gasteiger partial charge is 0.490 e. The molecule has 2 atom stereocenters. The Morgan fingerprint density at radius 1 is 1.40 bits per heavy atom. The lowest BCUT2D eigenvalue weighted by molar-refractivity contribution is 0.254. The number of hydrogen-bond donors (Lipinski definition) is 1. The van der Waals surface area contributed by atoms with Gasteiger partial charge in [0.15, 0.2) is 0 Å². The number of rotatable bonds is 4. The van der Waals surface area contributed by atoms with E-state index in [-0.39, 0.29) is 6.04 Å². The molecule has 4 heteroatoms. The monoisotopic (exact) mass is 399 g/mol. The second-order valence-corrected chi connectivity index (χ2v) is 7.98. The Morgan fingerprint density at radius 3 is 2.95 bits per heavy atom. The molecular weight excluding hydrogens is 381 g/mol. The first-order valence-corrected chi connectivity index (χ1v) is 8.90. The summed E-state index contributed by atoms with van der Waals surface area (Å²) in [7, 11) is 0. The van der Waals surface area contributed by atoms with Gasteiger partial charge in [-0.05, 0) is 70.3 Å². The molecule has 1 aromatic carbocycles. The van der Waals surface area contributed by atoms with Crippen molar-refractivity contribution in [3.8, 4) is 5.75 Å². The van der Waals surface area contributed by atoms with Crippen LogP contribution in [0.5, 0.6) is 5.75 Å². The van der Waals surface area contributed by atoms with E-state index in [1.165, 1.54) is 19.6 Å². The Hall–Kier alpha value is -0.590. The second-order valence-electron chi connectivity index (χ2n) is 5.17. The van der Waals surface area contributed by atoms with Gasteiger partial charge in [-0.1, -0.05) is 19.1 Å². The van der Waals surface area contributed by atoms with Crippen LogP contribution in [0.4, 0.5) is 0 Å². The molecule has 2 nitrogen and oxygen atoms in total. The van der Waals surface area contributed by atoms with E-state index < -0.39 is 0 Å². The summed E-state index contributed by atoms with van der Waals surface area (Å²) in [5.41, 5.74) is 4.02. The van der Waals surface area contributed by atoms with Crippen LogP contribution in [-0.2, 0) is 6.42 Å². The van der Waals surface area contributed by atoms with Crippen LogP contribution in [0.2, 0.25) is 0 Å². The smallest absolute Gasteiger partial charge is 0.123 e. The summed E-state index contributed by atoms with van der Waals surface area (Å²) in [5, 5.41) is 5.84. The summed E-state index contributed by atoms with van der Waals surface area (Å²) in [6.07, 6.45) is 1.32.